The van der Waals surface area contributed by atoms with E-state index in [1.165, 1.54) is 6.42 Å². The van der Waals surface area contributed by atoms with Crippen molar-refractivity contribution in [3.8, 4) is 5.88 Å². The molecule has 2 unspecified atom stereocenters. The first-order chi connectivity index (χ1) is 7.71. The van der Waals surface area contributed by atoms with Crippen molar-refractivity contribution in [3.05, 3.63) is 18.1 Å². The van der Waals surface area contributed by atoms with E-state index >= 15 is 0 Å². The van der Waals surface area contributed by atoms with Crippen LogP contribution in [0.5, 0.6) is 5.88 Å². The number of ether oxygens (including phenoxy) is 1. The molecule has 0 aliphatic heterocycles. The Morgan fingerprint density at radius 2 is 2.19 bits per heavy atom. The van der Waals surface area contributed by atoms with E-state index in [0.717, 1.165) is 12.1 Å². The molecule has 0 bridgehead atoms. The van der Waals surface area contributed by atoms with Crippen molar-refractivity contribution in [1.82, 2.24) is 15.3 Å². The van der Waals surface area contributed by atoms with Gasteiger partial charge in [-0.3, -0.25) is 0 Å². The zero-order valence-corrected chi connectivity index (χ0v) is 10.5. The average molecular weight is 223 g/mol. The van der Waals surface area contributed by atoms with Gasteiger partial charge in [0.05, 0.1) is 12.8 Å². The third-order valence-electron chi connectivity index (χ3n) is 2.91. The molecule has 0 radical (unpaired) electrons. The van der Waals surface area contributed by atoms with Gasteiger partial charge in [-0.05, 0) is 19.4 Å². The minimum absolute atomic E-state index is 0.270. The molecule has 0 aromatic carbocycles. The third-order valence-corrected chi connectivity index (χ3v) is 2.91. The average Bonchev–Trinajstić information content (AvgIpc) is 2.35. The van der Waals surface area contributed by atoms with Gasteiger partial charge in [0, 0.05) is 12.1 Å². The van der Waals surface area contributed by atoms with Crippen molar-refractivity contribution < 1.29 is 4.74 Å². The molecular formula is C12H21N3O. The number of hydrogen-bond acceptors (Lipinski definition) is 4. The van der Waals surface area contributed by atoms with Crippen molar-refractivity contribution in [3.63, 3.8) is 0 Å². The Bertz CT molecular complexity index is 317. The monoisotopic (exact) mass is 223 g/mol. The molecule has 0 spiro atoms. The lowest BCUT2D eigenvalue weighted by Gasteiger charge is -2.19. The molecule has 4 nitrogen and oxygen atoms in total. The van der Waals surface area contributed by atoms with Crippen LogP contribution in [0, 0.1) is 5.92 Å². The van der Waals surface area contributed by atoms with Gasteiger partial charge in [0.2, 0.25) is 5.88 Å². The molecule has 1 aromatic rings. The van der Waals surface area contributed by atoms with Gasteiger partial charge in [-0.25, -0.2) is 9.97 Å². The summed E-state index contributed by atoms with van der Waals surface area (Å²) in [4.78, 5) is 8.31. The Hall–Kier alpha value is -1.16. The molecule has 1 rings (SSSR count). The van der Waals surface area contributed by atoms with Gasteiger partial charge in [0.1, 0.15) is 6.33 Å². The van der Waals surface area contributed by atoms with E-state index in [-0.39, 0.29) is 6.04 Å². The van der Waals surface area contributed by atoms with Crippen LogP contribution in [0.4, 0.5) is 0 Å². The summed E-state index contributed by atoms with van der Waals surface area (Å²) in [7, 11) is 3.58. The van der Waals surface area contributed by atoms with Crippen molar-refractivity contribution in [1.29, 1.82) is 0 Å². The molecule has 1 N–H and O–H groups in total. The summed E-state index contributed by atoms with van der Waals surface area (Å²) in [5.41, 5.74) is 0.995. The van der Waals surface area contributed by atoms with E-state index in [0.29, 0.717) is 11.8 Å². The highest BCUT2D eigenvalue weighted by Gasteiger charge is 2.14. The summed E-state index contributed by atoms with van der Waals surface area (Å²) >= 11 is 0. The highest BCUT2D eigenvalue weighted by molar-refractivity contribution is 5.16. The minimum atomic E-state index is 0.270. The molecule has 4 heteroatoms. The second-order valence-corrected chi connectivity index (χ2v) is 4.08. The van der Waals surface area contributed by atoms with E-state index in [9.17, 15) is 0 Å². The smallest absolute Gasteiger partial charge is 0.216 e. The Balaban J connectivity index is 2.77. The van der Waals surface area contributed by atoms with Crippen LogP contribution in [0.3, 0.4) is 0 Å². The first-order valence-electron chi connectivity index (χ1n) is 5.74. The second kappa shape index (κ2) is 6.43. The van der Waals surface area contributed by atoms with Crippen LogP contribution < -0.4 is 10.1 Å². The molecular weight excluding hydrogens is 202 g/mol. The molecule has 0 saturated carbocycles. The van der Waals surface area contributed by atoms with Gasteiger partial charge in [-0.15, -0.1) is 0 Å². The lowest BCUT2D eigenvalue weighted by atomic mass is 9.97. The first kappa shape index (κ1) is 12.9. The molecule has 90 valence electrons. The van der Waals surface area contributed by atoms with Gasteiger partial charge >= 0.3 is 0 Å². The number of nitrogens with one attached hydrogen (secondary N) is 1. The van der Waals surface area contributed by atoms with Crippen LogP contribution in [0.15, 0.2) is 12.4 Å². The summed E-state index contributed by atoms with van der Waals surface area (Å²) in [5, 5.41) is 3.29. The van der Waals surface area contributed by atoms with E-state index in [1.807, 2.05) is 13.1 Å². The minimum Gasteiger partial charge on any atom is -0.481 e. The molecule has 0 aliphatic carbocycles. The van der Waals surface area contributed by atoms with E-state index < -0.39 is 0 Å². The maximum absolute atomic E-state index is 5.10. The molecule has 1 aromatic heterocycles. The number of aromatic nitrogens is 2. The topological polar surface area (TPSA) is 47.0 Å². The second-order valence-electron chi connectivity index (χ2n) is 4.08. The van der Waals surface area contributed by atoms with Crippen LogP contribution in [0.2, 0.25) is 0 Å². The Morgan fingerprint density at radius 1 is 1.44 bits per heavy atom. The van der Waals surface area contributed by atoms with Crippen LogP contribution >= 0.6 is 0 Å². The predicted octanol–water partition coefficient (Wildman–Crippen LogP) is 2.18. The zero-order chi connectivity index (χ0) is 12.0. The van der Waals surface area contributed by atoms with Crippen LogP contribution in [-0.4, -0.2) is 24.1 Å². The molecule has 1 heterocycles. The molecule has 2 atom stereocenters. The molecule has 0 fully saturated rings. The molecule has 0 aliphatic rings. The summed E-state index contributed by atoms with van der Waals surface area (Å²) in [6.07, 6.45) is 3.81. The molecule has 0 saturated heterocycles. The highest BCUT2D eigenvalue weighted by Crippen LogP contribution is 2.22. The fourth-order valence-electron chi connectivity index (χ4n) is 1.61. The standard InChI is InChI=1S/C12H21N3O/c1-5-9(2)6-10(13-3)11-7-12(16-4)15-8-14-11/h7-10,13H,5-6H2,1-4H3. The first-order valence-corrected chi connectivity index (χ1v) is 5.74. The van der Waals surface area contributed by atoms with Crippen molar-refractivity contribution in [2.24, 2.45) is 5.92 Å². The number of rotatable bonds is 6. The summed E-state index contributed by atoms with van der Waals surface area (Å²) < 4.78 is 5.10. The lowest BCUT2D eigenvalue weighted by molar-refractivity contribution is 0.387. The van der Waals surface area contributed by atoms with Crippen LogP contribution in [0.25, 0.3) is 0 Å². The number of hydrogen-bond donors (Lipinski definition) is 1. The largest absolute Gasteiger partial charge is 0.481 e. The summed E-state index contributed by atoms with van der Waals surface area (Å²) in [6, 6.07) is 2.16. The number of nitrogens with zero attached hydrogens (tertiary/aromatic N) is 2. The van der Waals surface area contributed by atoms with E-state index in [1.54, 1.807) is 13.4 Å². The van der Waals surface area contributed by atoms with Gasteiger partial charge in [-0.1, -0.05) is 20.3 Å². The molecule has 16 heavy (non-hydrogen) atoms. The quantitative estimate of drug-likeness (QED) is 0.803. The normalized spacial score (nSPS) is 14.5. The van der Waals surface area contributed by atoms with Crippen molar-refractivity contribution in [2.45, 2.75) is 32.7 Å². The SMILES string of the molecule is CCC(C)CC(NC)c1cc(OC)ncn1. The van der Waals surface area contributed by atoms with Crippen molar-refractivity contribution >= 4 is 0 Å². The summed E-state index contributed by atoms with van der Waals surface area (Å²) in [5.74, 6) is 1.30. The Kier molecular flexibility index (Phi) is 5.19. The van der Waals surface area contributed by atoms with Crippen molar-refractivity contribution in [2.75, 3.05) is 14.2 Å². The summed E-state index contributed by atoms with van der Waals surface area (Å²) in [6.45, 7) is 4.46. The van der Waals surface area contributed by atoms with E-state index in [4.69, 9.17) is 4.74 Å². The van der Waals surface area contributed by atoms with Gasteiger partial charge in [-0.2, -0.15) is 0 Å². The lowest BCUT2D eigenvalue weighted by Crippen LogP contribution is -2.20. The third kappa shape index (κ3) is 3.45. The Morgan fingerprint density at radius 3 is 2.75 bits per heavy atom. The van der Waals surface area contributed by atoms with Gasteiger partial charge in [0.15, 0.2) is 0 Å². The van der Waals surface area contributed by atoms with Crippen LogP contribution in [-0.2, 0) is 0 Å². The Labute approximate surface area is 97.5 Å². The zero-order valence-electron chi connectivity index (χ0n) is 10.5. The maximum Gasteiger partial charge on any atom is 0.216 e. The molecule has 0 amide bonds. The fraction of sp³-hybridized carbons (Fsp3) is 0.667. The fourth-order valence-corrected chi connectivity index (χ4v) is 1.61. The van der Waals surface area contributed by atoms with Gasteiger partial charge in [0.25, 0.3) is 0 Å². The number of methoxy groups -OCH3 is 1. The van der Waals surface area contributed by atoms with Gasteiger partial charge < -0.3 is 10.1 Å². The highest BCUT2D eigenvalue weighted by atomic mass is 16.5. The van der Waals surface area contributed by atoms with E-state index in [2.05, 4.69) is 29.1 Å². The van der Waals surface area contributed by atoms with Crippen LogP contribution in [0.1, 0.15) is 38.4 Å². The predicted molar refractivity (Wildman–Crippen MR) is 64.5 cm³/mol. The maximum atomic E-state index is 5.10.